The van der Waals surface area contributed by atoms with Crippen molar-refractivity contribution in [3.05, 3.63) is 11.3 Å². The molecule has 0 saturated heterocycles. The number of rotatable bonds is 3. The van der Waals surface area contributed by atoms with E-state index in [4.69, 9.17) is 0 Å². The molecule has 0 aromatic rings. The Kier molecular flexibility index (Phi) is 4.74. The minimum absolute atomic E-state index is 0.650. The second-order valence-electron chi connectivity index (χ2n) is 5.13. The first-order valence-electron chi connectivity index (χ1n) is 5.97. The van der Waals surface area contributed by atoms with Crippen molar-refractivity contribution in [2.75, 3.05) is 7.11 Å². The molecule has 0 N–H and O–H groups in total. The number of halogens is 6. The number of carbonyl (C=O) groups excluding carboxylic acids is 1. The quantitative estimate of drug-likeness (QED) is 0.331. The van der Waals surface area contributed by atoms with Gasteiger partial charge in [0.05, 0.1) is 18.1 Å². The fourth-order valence-electron chi connectivity index (χ4n) is 2.14. The van der Waals surface area contributed by atoms with Crippen molar-refractivity contribution in [1.82, 2.24) is 0 Å². The summed E-state index contributed by atoms with van der Waals surface area (Å²) in [6.07, 6.45) is -6.16. The molecular formula is C11H12F6O5S. The Hall–Kier alpha value is -1.46. The summed E-state index contributed by atoms with van der Waals surface area (Å²) in [6, 6.07) is 0. The van der Waals surface area contributed by atoms with Gasteiger partial charge in [0.15, 0.2) is 0 Å². The molecule has 134 valence electrons. The first kappa shape index (κ1) is 19.6. The van der Waals surface area contributed by atoms with Gasteiger partial charge in [0, 0.05) is 12.3 Å². The predicted octanol–water partition coefficient (Wildman–Crippen LogP) is 2.89. The normalized spacial score (nSPS) is 26.4. The molecule has 0 radical (unpaired) electrons. The summed E-state index contributed by atoms with van der Waals surface area (Å²) in [5, 5.41) is 0. The van der Waals surface area contributed by atoms with Crippen LogP contribution in [0.25, 0.3) is 0 Å². The summed E-state index contributed by atoms with van der Waals surface area (Å²) in [5.74, 6) is -4.27. The third kappa shape index (κ3) is 3.26. The summed E-state index contributed by atoms with van der Waals surface area (Å²) < 4.78 is 107. The molecule has 1 aliphatic rings. The van der Waals surface area contributed by atoms with E-state index in [0.29, 0.717) is 6.92 Å². The van der Waals surface area contributed by atoms with Gasteiger partial charge in [0.25, 0.3) is 0 Å². The van der Waals surface area contributed by atoms with Crippen LogP contribution in [-0.4, -0.2) is 33.2 Å². The van der Waals surface area contributed by atoms with Crippen molar-refractivity contribution in [1.29, 1.82) is 0 Å². The van der Waals surface area contributed by atoms with E-state index in [0.717, 1.165) is 14.0 Å². The molecule has 2 atom stereocenters. The second-order valence-corrected chi connectivity index (χ2v) is 6.66. The van der Waals surface area contributed by atoms with Gasteiger partial charge in [-0.25, -0.2) is 4.79 Å². The molecule has 0 aliphatic heterocycles. The van der Waals surface area contributed by atoms with Gasteiger partial charge in [0.1, 0.15) is 5.76 Å². The molecule has 0 saturated carbocycles. The molecule has 1 aliphatic carbocycles. The van der Waals surface area contributed by atoms with E-state index in [9.17, 15) is 39.6 Å². The lowest BCUT2D eigenvalue weighted by atomic mass is 9.77. The van der Waals surface area contributed by atoms with Crippen LogP contribution in [0.1, 0.15) is 20.3 Å². The number of alkyl halides is 6. The summed E-state index contributed by atoms with van der Waals surface area (Å²) in [5.41, 5.74) is -9.41. The van der Waals surface area contributed by atoms with Gasteiger partial charge in [0.2, 0.25) is 0 Å². The number of esters is 1. The zero-order valence-electron chi connectivity index (χ0n) is 12.0. The highest BCUT2D eigenvalue weighted by molar-refractivity contribution is 7.87. The van der Waals surface area contributed by atoms with Crippen LogP contribution >= 0.6 is 0 Å². The first-order chi connectivity index (χ1) is 10.1. The van der Waals surface area contributed by atoms with Crippen LogP contribution in [-0.2, 0) is 23.8 Å². The number of hydrogen-bond donors (Lipinski definition) is 0. The Morgan fingerprint density at radius 3 is 2.04 bits per heavy atom. The topological polar surface area (TPSA) is 69.7 Å². The number of allylic oxidation sites excluding steroid dienone is 1. The maximum absolute atomic E-state index is 13.2. The van der Waals surface area contributed by atoms with Crippen LogP contribution in [0, 0.1) is 11.3 Å². The largest absolute Gasteiger partial charge is 0.534 e. The molecule has 0 heterocycles. The zero-order chi connectivity index (χ0) is 18.4. The van der Waals surface area contributed by atoms with Crippen molar-refractivity contribution in [2.24, 2.45) is 11.3 Å². The molecule has 0 bridgehead atoms. The maximum Gasteiger partial charge on any atom is 0.534 e. The van der Waals surface area contributed by atoms with Gasteiger partial charge >= 0.3 is 27.8 Å². The van der Waals surface area contributed by atoms with E-state index in [1.807, 2.05) is 0 Å². The average molecular weight is 370 g/mol. The molecule has 1 rings (SSSR count). The Balaban J connectivity index is 3.41. The molecule has 0 aromatic carbocycles. The molecule has 5 nitrogen and oxygen atoms in total. The van der Waals surface area contributed by atoms with Crippen molar-refractivity contribution < 1.29 is 48.5 Å². The van der Waals surface area contributed by atoms with Crippen LogP contribution in [0.5, 0.6) is 0 Å². The van der Waals surface area contributed by atoms with E-state index < -0.39 is 56.9 Å². The molecule has 23 heavy (non-hydrogen) atoms. The van der Waals surface area contributed by atoms with Crippen molar-refractivity contribution in [2.45, 2.75) is 32.0 Å². The molecular weight excluding hydrogens is 358 g/mol. The molecule has 0 fully saturated rings. The fraction of sp³-hybridized carbons (Fsp3) is 0.727. The fourth-order valence-corrected chi connectivity index (χ4v) is 2.65. The number of ether oxygens (including phenoxy) is 1. The highest BCUT2D eigenvalue weighted by atomic mass is 32.2. The van der Waals surface area contributed by atoms with E-state index >= 15 is 0 Å². The maximum atomic E-state index is 13.2. The van der Waals surface area contributed by atoms with Crippen LogP contribution in [0.3, 0.4) is 0 Å². The standard InChI is InChI=1S/C11H12F6O5S/c1-5-7(8(18)21-3)6(4-9(5,2)10(12,13)14)22-23(19,20)11(15,16)17/h5H,4H2,1-3H3/t5-,9+/m1/s1. The Labute approximate surface area is 127 Å². The van der Waals surface area contributed by atoms with E-state index in [1.54, 1.807) is 0 Å². The average Bonchev–Trinajstić information content (AvgIpc) is 2.59. The van der Waals surface area contributed by atoms with E-state index in [-0.39, 0.29) is 0 Å². The van der Waals surface area contributed by atoms with Gasteiger partial charge in [-0.05, 0) is 6.92 Å². The summed E-state index contributed by atoms with van der Waals surface area (Å²) in [7, 11) is -5.42. The minimum atomic E-state index is -6.21. The SMILES string of the molecule is COC(=O)C1=C(OS(=O)(=O)C(F)(F)F)C[C@](C)(C(F)(F)F)[C@@H]1C. The lowest BCUT2D eigenvalue weighted by Gasteiger charge is -2.32. The Morgan fingerprint density at radius 1 is 1.22 bits per heavy atom. The Morgan fingerprint density at radius 2 is 1.70 bits per heavy atom. The van der Waals surface area contributed by atoms with Gasteiger partial charge in [-0.1, -0.05) is 6.92 Å². The van der Waals surface area contributed by atoms with Gasteiger partial charge in [-0.2, -0.15) is 34.8 Å². The predicted molar refractivity (Wildman–Crippen MR) is 63.0 cm³/mol. The van der Waals surface area contributed by atoms with Crippen LogP contribution < -0.4 is 0 Å². The van der Waals surface area contributed by atoms with E-state index in [1.165, 1.54) is 0 Å². The number of carbonyl (C=O) groups is 1. The summed E-state index contributed by atoms with van der Waals surface area (Å²) in [6.45, 7) is 1.58. The highest BCUT2D eigenvalue weighted by Crippen LogP contribution is 2.56. The second kappa shape index (κ2) is 5.56. The molecule has 0 aromatic heterocycles. The number of hydrogen-bond acceptors (Lipinski definition) is 5. The lowest BCUT2D eigenvalue weighted by Crippen LogP contribution is -2.39. The van der Waals surface area contributed by atoms with Gasteiger partial charge in [-0.3, -0.25) is 0 Å². The molecule has 0 unspecified atom stereocenters. The molecule has 0 spiro atoms. The van der Waals surface area contributed by atoms with Crippen molar-refractivity contribution in [3.8, 4) is 0 Å². The molecule has 0 amide bonds. The smallest absolute Gasteiger partial charge is 0.466 e. The van der Waals surface area contributed by atoms with Crippen LogP contribution in [0.2, 0.25) is 0 Å². The van der Waals surface area contributed by atoms with Crippen LogP contribution in [0.15, 0.2) is 11.3 Å². The van der Waals surface area contributed by atoms with Crippen LogP contribution in [0.4, 0.5) is 26.3 Å². The number of methoxy groups -OCH3 is 1. The van der Waals surface area contributed by atoms with Crippen molar-refractivity contribution in [3.63, 3.8) is 0 Å². The van der Waals surface area contributed by atoms with Gasteiger partial charge < -0.3 is 8.92 Å². The van der Waals surface area contributed by atoms with Crippen molar-refractivity contribution >= 4 is 16.1 Å². The highest BCUT2D eigenvalue weighted by Gasteiger charge is 2.62. The monoisotopic (exact) mass is 370 g/mol. The summed E-state index contributed by atoms with van der Waals surface area (Å²) >= 11 is 0. The van der Waals surface area contributed by atoms with Gasteiger partial charge in [-0.15, -0.1) is 0 Å². The minimum Gasteiger partial charge on any atom is -0.466 e. The first-order valence-corrected chi connectivity index (χ1v) is 7.38. The third-order valence-corrected chi connectivity index (χ3v) is 4.75. The summed E-state index contributed by atoms with van der Waals surface area (Å²) in [4.78, 5) is 11.6. The lowest BCUT2D eigenvalue weighted by molar-refractivity contribution is -0.227. The Bertz CT molecular complexity index is 632. The third-order valence-electron chi connectivity index (χ3n) is 3.76. The zero-order valence-corrected chi connectivity index (χ0v) is 12.8. The van der Waals surface area contributed by atoms with E-state index in [2.05, 4.69) is 8.92 Å². The molecule has 12 heteroatoms.